The molecular weight excluding hydrogens is 200 g/mol. The molecule has 1 saturated heterocycles. The van der Waals surface area contributed by atoms with Gasteiger partial charge in [0, 0.05) is 25.3 Å². The van der Waals surface area contributed by atoms with E-state index < -0.39 is 0 Å². The maximum atomic E-state index is 5.65. The Labute approximate surface area is 97.2 Å². The zero-order valence-electron chi connectivity index (χ0n) is 9.83. The Bertz CT molecular complexity index is 321. The fourth-order valence-electron chi connectivity index (χ4n) is 1.98. The molecule has 1 aliphatic heterocycles. The van der Waals surface area contributed by atoms with Crippen molar-refractivity contribution < 1.29 is 4.74 Å². The number of aryl methyl sites for hydroxylation is 1. The number of anilines is 1. The number of hydrogen-bond donors (Lipinski definition) is 2. The summed E-state index contributed by atoms with van der Waals surface area (Å²) in [4.78, 5) is 0. The van der Waals surface area contributed by atoms with Gasteiger partial charge in [-0.25, -0.2) is 0 Å². The van der Waals surface area contributed by atoms with Gasteiger partial charge in [0.25, 0.3) is 0 Å². The quantitative estimate of drug-likeness (QED) is 0.809. The van der Waals surface area contributed by atoms with E-state index in [1.807, 2.05) is 0 Å². The van der Waals surface area contributed by atoms with Crippen LogP contribution in [0.5, 0.6) is 0 Å². The fraction of sp³-hybridized carbons (Fsp3) is 0.538. The van der Waals surface area contributed by atoms with E-state index in [0.717, 1.165) is 32.7 Å². The highest BCUT2D eigenvalue weighted by atomic mass is 16.5. The lowest BCUT2D eigenvalue weighted by Crippen LogP contribution is -2.42. The van der Waals surface area contributed by atoms with Crippen LogP contribution in [0.1, 0.15) is 12.5 Å². The average molecular weight is 220 g/mol. The molecule has 0 aromatic heterocycles. The molecule has 0 spiro atoms. The molecule has 2 N–H and O–H groups in total. The number of hydrogen-bond acceptors (Lipinski definition) is 3. The number of benzene rings is 1. The minimum Gasteiger partial charge on any atom is -0.382 e. The Morgan fingerprint density at radius 2 is 2.31 bits per heavy atom. The topological polar surface area (TPSA) is 33.3 Å². The van der Waals surface area contributed by atoms with Crippen LogP contribution in [0.4, 0.5) is 5.69 Å². The summed E-state index contributed by atoms with van der Waals surface area (Å²) in [6.07, 6.45) is 1.35. The van der Waals surface area contributed by atoms with E-state index in [0.29, 0.717) is 6.10 Å². The second kappa shape index (κ2) is 5.87. The molecule has 1 fully saturated rings. The van der Waals surface area contributed by atoms with Crippen LogP contribution in [-0.4, -0.2) is 32.3 Å². The van der Waals surface area contributed by atoms with Crippen molar-refractivity contribution in [3.63, 3.8) is 0 Å². The van der Waals surface area contributed by atoms with E-state index in [9.17, 15) is 0 Å². The Morgan fingerprint density at radius 3 is 3.06 bits per heavy atom. The monoisotopic (exact) mass is 220 g/mol. The highest BCUT2D eigenvalue weighted by molar-refractivity contribution is 5.51. The SMILES string of the molecule is CCc1ccccc1NCC1CNCCO1. The lowest BCUT2D eigenvalue weighted by atomic mass is 10.1. The molecular formula is C13H20N2O. The molecule has 3 heteroatoms. The van der Waals surface area contributed by atoms with E-state index in [2.05, 4.69) is 41.8 Å². The van der Waals surface area contributed by atoms with Gasteiger partial charge in [-0.3, -0.25) is 0 Å². The molecule has 88 valence electrons. The largest absolute Gasteiger partial charge is 0.382 e. The Hall–Kier alpha value is -1.06. The highest BCUT2D eigenvalue weighted by Gasteiger charge is 2.12. The predicted octanol–water partition coefficient (Wildman–Crippen LogP) is 1.65. The van der Waals surface area contributed by atoms with Gasteiger partial charge >= 0.3 is 0 Å². The first kappa shape index (κ1) is 11.4. The van der Waals surface area contributed by atoms with Crippen molar-refractivity contribution in [2.45, 2.75) is 19.4 Å². The number of rotatable bonds is 4. The smallest absolute Gasteiger partial charge is 0.0872 e. The van der Waals surface area contributed by atoms with E-state index >= 15 is 0 Å². The second-order valence-corrected chi connectivity index (χ2v) is 4.09. The minimum absolute atomic E-state index is 0.290. The number of nitrogens with one attached hydrogen (secondary N) is 2. The van der Waals surface area contributed by atoms with Gasteiger partial charge in [0.2, 0.25) is 0 Å². The maximum absolute atomic E-state index is 5.65. The van der Waals surface area contributed by atoms with Gasteiger partial charge in [-0.15, -0.1) is 0 Å². The first-order valence-corrected chi connectivity index (χ1v) is 6.04. The summed E-state index contributed by atoms with van der Waals surface area (Å²) < 4.78 is 5.65. The Kier molecular flexibility index (Phi) is 4.19. The molecule has 0 amide bonds. The standard InChI is InChI=1S/C13H20N2O/c1-2-11-5-3-4-6-13(11)15-10-12-9-14-7-8-16-12/h3-6,12,14-15H,2,7-10H2,1H3. The van der Waals surface area contributed by atoms with E-state index in [4.69, 9.17) is 4.74 Å². The number of para-hydroxylation sites is 1. The van der Waals surface area contributed by atoms with Crippen LogP contribution in [-0.2, 0) is 11.2 Å². The minimum atomic E-state index is 0.290. The summed E-state index contributed by atoms with van der Waals surface area (Å²) in [5, 5.41) is 6.80. The van der Waals surface area contributed by atoms with Gasteiger partial charge in [0.05, 0.1) is 12.7 Å². The Balaban J connectivity index is 1.88. The van der Waals surface area contributed by atoms with Gasteiger partial charge in [-0.05, 0) is 18.1 Å². The molecule has 1 heterocycles. The average Bonchev–Trinajstić information content (AvgIpc) is 2.38. The van der Waals surface area contributed by atoms with E-state index in [1.54, 1.807) is 0 Å². The van der Waals surface area contributed by atoms with E-state index in [1.165, 1.54) is 11.3 Å². The maximum Gasteiger partial charge on any atom is 0.0872 e. The second-order valence-electron chi connectivity index (χ2n) is 4.09. The van der Waals surface area contributed by atoms with Crippen molar-refractivity contribution in [1.82, 2.24) is 5.32 Å². The molecule has 1 atom stereocenters. The van der Waals surface area contributed by atoms with Crippen LogP contribution in [0.3, 0.4) is 0 Å². The lowest BCUT2D eigenvalue weighted by Gasteiger charge is -2.24. The van der Waals surface area contributed by atoms with Gasteiger partial charge in [0.1, 0.15) is 0 Å². The van der Waals surface area contributed by atoms with Crippen molar-refractivity contribution in [1.29, 1.82) is 0 Å². The summed E-state index contributed by atoms with van der Waals surface area (Å²) in [5.74, 6) is 0. The van der Waals surface area contributed by atoms with Gasteiger partial charge < -0.3 is 15.4 Å². The fourth-order valence-corrected chi connectivity index (χ4v) is 1.98. The molecule has 0 radical (unpaired) electrons. The van der Waals surface area contributed by atoms with Crippen LogP contribution >= 0.6 is 0 Å². The van der Waals surface area contributed by atoms with Crippen LogP contribution in [0.15, 0.2) is 24.3 Å². The highest BCUT2D eigenvalue weighted by Crippen LogP contribution is 2.15. The van der Waals surface area contributed by atoms with Gasteiger partial charge in [0.15, 0.2) is 0 Å². The van der Waals surface area contributed by atoms with Gasteiger partial charge in [-0.2, -0.15) is 0 Å². The van der Waals surface area contributed by atoms with Crippen LogP contribution in [0, 0.1) is 0 Å². The van der Waals surface area contributed by atoms with Crippen molar-refractivity contribution in [2.75, 3.05) is 31.6 Å². The lowest BCUT2D eigenvalue weighted by molar-refractivity contribution is 0.0372. The first-order chi connectivity index (χ1) is 7.90. The van der Waals surface area contributed by atoms with Crippen LogP contribution in [0.25, 0.3) is 0 Å². The summed E-state index contributed by atoms with van der Waals surface area (Å²) in [5.41, 5.74) is 2.60. The van der Waals surface area contributed by atoms with Crippen LogP contribution in [0.2, 0.25) is 0 Å². The van der Waals surface area contributed by atoms with Crippen molar-refractivity contribution in [3.8, 4) is 0 Å². The molecule has 1 aromatic rings. The van der Waals surface area contributed by atoms with Crippen LogP contribution < -0.4 is 10.6 Å². The molecule has 1 aliphatic rings. The molecule has 0 aliphatic carbocycles. The Morgan fingerprint density at radius 1 is 1.44 bits per heavy atom. The predicted molar refractivity (Wildman–Crippen MR) is 66.9 cm³/mol. The number of morpholine rings is 1. The molecule has 3 nitrogen and oxygen atoms in total. The first-order valence-electron chi connectivity index (χ1n) is 6.04. The summed E-state index contributed by atoms with van der Waals surface area (Å²) in [6, 6.07) is 8.46. The van der Waals surface area contributed by atoms with Gasteiger partial charge in [-0.1, -0.05) is 25.1 Å². The van der Waals surface area contributed by atoms with E-state index in [-0.39, 0.29) is 0 Å². The summed E-state index contributed by atoms with van der Waals surface area (Å²) >= 11 is 0. The molecule has 1 aromatic carbocycles. The third kappa shape index (κ3) is 2.97. The summed E-state index contributed by atoms with van der Waals surface area (Å²) in [7, 11) is 0. The molecule has 1 unspecified atom stereocenters. The normalized spacial score (nSPS) is 20.7. The number of ether oxygens (including phenoxy) is 1. The van der Waals surface area contributed by atoms with Crippen molar-refractivity contribution in [2.24, 2.45) is 0 Å². The van der Waals surface area contributed by atoms with Crippen molar-refractivity contribution >= 4 is 5.69 Å². The molecule has 0 bridgehead atoms. The summed E-state index contributed by atoms with van der Waals surface area (Å²) in [6.45, 7) is 5.80. The molecule has 2 rings (SSSR count). The third-order valence-electron chi connectivity index (χ3n) is 2.92. The third-order valence-corrected chi connectivity index (χ3v) is 2.92. The zero-order valence-corrected chi connectivity index (χ0v) is 9.83. The molecule has 16 heavy (non-hydrogen) atoms. The zero-order chi connectivity index (χ0) is 11.2. The van der Waals surface area contributed by atoms with Crippen molar-refractivity contribution in [3.05, 3.63) is 29.8 Å². The molecule has 0 saturated carbocycles.